The molecule has 2 heterocycles. The monoisotopic (exact) mass is 430 g/mol. The number of nitrogens with zero attached hydrogens (tertiary/aromatic N) is 1. The van der Waals surface area contributed by atoms with Gasteiger partial charge >= 0.3 is 0 Å². The van der Waals surface area contributed by atoms with E-state index in [1.165, 1.54) is 6.07 Å². The lowest BCUT2D eigenvalue weighted by molar-refractivity contribution is -0.121. The number of allylic oxidation sites excluding steroid dienone is 1. The number of aromatic amines is 1. The molecule has 9 heteroatoms. The van der Waals surface area contributed by atoms with E-state index in [0.29, 0.717) is 38.6 Å². The van der Waals surface area contributed by atoms with Crippen molar-refractivity contribution < 1.29 is 14.7 Å². The van der Waals surface area contributed by atoms with E-state index in [1.807, 2.05) is 0 Å². The fourth-order valence-corrected chi connectivity index (χ4v) is 3.80. The van der Waals surface area contributed by atoms with Crippen molar-refractivity contribution in [1.29, 1.82) is 0 Å². The Balaban J connectivity index is 1.69. The van der Waals surface area contributed by atoms with Crippen LogP contribution in [0.3, 0.4) is 0 Å². The third-order valence-corrected chi connectivity index (χ3v) is 5.46. The summed E-state index contributed by atoms with van der Waals surface area (Å²) in [6.45, 7) is 1.67. The average Bonchev–Trinajstić information content (AvgIpc) is 3.03. The number of rotatable bonds is 3. The molecule has 29 heavy (non-hydrogen) atoms. The minimum atomic E-state index is -0.520. The van der Waals surface area contributed by atoms with Crippen molar-refractivity contribution in [1.82, 2.24) is 15.5 Å². The van der Waals surface area contributed by atoms with Gasteiger partial charge in [0.05, 0.1) is 10.5 Å². The zero-order chi connectivity index (χ0) is 20.7. The first-order chi connectivity index (χ1) is 13.8. The molecule has 1 aliphatic rings. The molecule has 0 spiro atoms. The molecule has 148 valence electrons. The van der Waals surface area contributed by atoms with Gasteiger partial charge in [-0.05, 0) is 42.8 Å². The van der Waals surface area contributed by atoms with E-state index in [9.17, 15) is 14.7 Å². The summed E-state index contributed by atoms with van der Waals surface area (Å²) >= 11 is 12.0. The quantitative estimate of drug-likeness (QED) is 0.501. The Morgan fingerprint density at radius 2 is 2.03 bits per heavy atom. The number of carbonyl (C=O) groups excluding carboxylic acids is 2. The highest BCUT2D eigenvalue weighted by molar-refractivity contribution is 6.34. The number of aromatic hydroxyl groups is 1. The standard InChI is InChI=1S/C20H16Cl2N4O3/c1-9-18(12(8-17(28)23-9)10-2-4-14(21)16(27)6-10)20(29)24-11-3-5-15-13(7-11)19(22)26-25-15/h2-7,12,27H,8H2,1H3,(H,23,28)(H,24,29)(H,25,26). The Hall–Kier alpha value is -3.03. The molecule has 2 amide bonds. The number of phenolic OH excluding ortho intramolecular Hbond substituents is 1. The van der Waals surface area contributed by atoms with Gasteiger partial charge < -0.3 is 15.7 Å². The van der Waals surface area contributed by atoms with Gasteiger partial charge in [-0.2, -0.15) is 5.10 Å². The van der Waals surface area contributed by atoms with Gasteiger partial charge in [-0.3, -0.25) is 14.7 Å². The van der Waals surface area contributed by atoms with Crippen molar-refractivity contribution in [2.45, 2.75) is 19.3 Å². The number of nitrogens with one attached hydrogen (secondary N) is 3. The van der Waals surface area contributed by atoms with Crippen LogP contribution in [0, 0.1) is 0 Å². The molecule has 1 unspecified atom stereocenters. The van der Waals surface area contributed by atoms with Crippen molar-refractivity contribution in [2.24, 2.45) is 0 Å². The molecular weight excluding hydrogens is 415 g/mol. The summed E-state index contributed by atoms with van der Waals surface area (Å²) in [6, 6.07) is 9.90. The number of carbonyl (C=O) groups is 2. The van der Waals surface area contributed by atoms with Crippen LogP contribution >= 0.6 is 23.2 Å². The van der Waals surface area contributed by atoms with E-state index < -0.39 is 5.92 Å². The molecule has 7 nitrogen and oxygen atoms in total. The summed E-state index contributed by atoms with van der Waals surface area (Å²) in [7, 11) is 0. The van der Waals surface area contributed by atoms with Crippen LogP contribution in [0.15, 0.2) is 47.7 Å². The Morgan fingerprint density at radius 1 is 1.24 bits per heavy atom. The molecular formula is C20H16Cl2N4O3. The molecule has 1 atom stereocenters. The minimum absolute atomic E-state index is 0.0771. The van der Waals surface area contributed by atoms with E-state index >= 15 is 0 Å². The highest BCUT2D eigenvalue weighted by Crippen LogP contribution is 2.37. The van der Waals surface area contributed by atoms with Crippen molar-refractivity contribution in [3.05, 3.63) is 63.4 Å². The first kappa shape index (κ1) is 19.3. The van der Waals surface area contributed by atoms with Crippen LogP contribution in [-0.4, -0.2) is 27.1 Å². The number of anilines is 1. The summed E-state index contributed by atoms with van der Waals surface area (Å²) in [5.74, 6) is -1.19. The molecule has 4 N–H and O–H groups in total. The zero-order valence-corrected chi connectivity index (χ0v) is 16.7. The number of benzene rings is 2. The maximum atomic E-state index is 13.1. The number of H-pyrrole nitrogens is 1. The Bertz CT molecular complexity index is 1190. The number of hydrogen-bond acceptors (Lipinski definition) is 4. The molecule has 3 aromatic rings. The first-order valence-corrected chi connectivity index (χ1v) is 9.53. The van der Waals surface area contributed by atoms with E-state index in [-0.39, 0.29) is 29.0 Å². The van der Waals surface area contributed by atoms with Crippen molar-refractivity contribution in [3.63, 3.8) is 0 Å². The molecule has 0 saturated heterocycles. The minimum Gasteiger partial charge on any atom is -0.506 e. The number of amides is 2. The maximum Gasteiger partial charge on any atom is 0.253 e. The third-order valence-electron chi connectivity index (χ3n) is 4.85. The Morgan fingerprint density at radius 3 is 2.79 bits per heavy atom. The molecule has 0 saturated carbocycles. The number of fused-ring (bicyclic) bond motifs is 1. The molecule has 0 fully saturated rings. The molecule has 1 aromatic heterocycles. The fraction of sp³-hybridized carbons (Fsp3) is 0.150. The van der Waals surface area contributed by atoms with Gasteiger partial charge in [0.2, 0.25) is 5.91 Å². The van der Waals surface area contributed by atoms with E-state index in [2.05, 4.69) is 20.8 Å². The smallest absolute Gasteiger partial charge is 0.253 e. The summed E-state index contributed by atoms with van der Waals surface area (Å²) in [4.78, 5) is 25.2. The first-order valence-electron chi connectivity index (χ1n) is 8.77. The Labute approximate surface area is 175 Å². The molecule has 1 aliphatic heterocycles. The van der Waals surface area contributed by atoms with Crippen LogP contribution in [0.2, 0.25) is 10.2 Å². The van der Waals surface area contributed by atoms with Gasteiger partial charge in [-0.25, -0.2) is 0 Å². The topological polar surface area (TPSA) is 107 Å². The summed E-state index contributed by atoms with van der Waals surface area (Å²) in [5.41, 5.74) is 2.72. The highest BCUT2D eigenvalue weighted by Gasteiger charge is 2.32. The number of hydrogen-bond donors (Lipinski definition) is 4. The Kier molecular flexibility index (Phi) is 4.94. The highest BCUT2D eigenvalue weighted by atomic mass is 35.5. The van der Waals surface area contributed by atoms with Crippen LogP contribution in [0.5, 0.6) is 5.75 Å². The van der Waals surface area contributed by atoms with Crippen LogP contribution in [0.25, 0.3) is 10.9 Å². The van der Waals surface area contributed by atoms with E-state index in [4.69, 9.17) is 23.2 Å². The third kappa shape index (κ3) is 3.66. The SMILES string of the molecule is CC1=C(C(=O)Nc2ccc3n[nH]c(Cl)c3c2)C(c2ccc(Cl)c(O)c2)CC(=O)N1. The number of halogens is 2. The van der Waals surface area contributed by atoms with E-state index in [0.717, 1.165) is 0 Å². The van der Waals surface area contributed by atoms with Crippen molar-refractivity contribution >= 4 is 51.6 Å². The van der Waals surface area contributed by atoms with Gasteiger partial charge in [0, 0.05) is 34.7 Å². The predicted molar refractivity (Wildman–Crippen MR) is 111 cm³/mol. The second kappa shape index (κ2) is 7.42. The van der Waals surface area contributed by atoms with Gasteiger partial charge in [-0.1, -0.05) is 29.3 Å². The van der Waals surface area contributed by atoms with Gasteiger partial charge in [-0.15, -0.1) is 0 Å². The van der Waals surface area contributed by atoms with Crippen LogP contribution in [0.4, 0.5) is 5.69 Å². The zero-order valence-electron chi connectivity index (χ0n) is 15.2. The average molecular weight is 431 g/mol. The predicted octanol–water partition coefficient (Wildman–Crippen LogP) is 4.09. The largest absolute Gasteiger partial charge is 0.506 e. The maximum absolute atomic E-state index is 13.1. The normalized spacial score (nSPS) is 16.8. The lowest BCUT2D eigenvalue weighted by atomic mass is 9.84. The van der Waals surface area contributed by atoms with E-state index in [1.54, 1.807) is 37.3 Å². The van der Waals surface area contributed by atoms with Crippen LogP contribution < -0.4 is 10.6 Å². The lowest BCUT2D eigenvalue weighted by Crippen LogP contribution is -2.35. The fourth-order valence-electron chi connectivity index (χ4n) is 3.49. The molecule has 0 bridgehead atoms. The second-order valence-corrected chi connectivity index (χ2v) is 7.56. The summed E-state index contributed by atoms with van der Waals surface area (Å²) in [5, 5.41) is 23.5. The molecule has 4 rings (SSSR count). The number of aromatic nitrogens is 2. The number of phenols is 1. The lowest BCUT2D eigenvalue weighted by Gasteiger charge is -2.27. The second-order valence-electron chi connectivity index (χ2n) is 6.78. The molecule has 0 radical (unpaired) electrons. The molecule has 2 aromatic carbocycles. The van der Waals surface area contributed by atoms with Crippen LogP contribution in [0.1, 0.15) is 24.8 Å². The summed E-state index contributed by atoms with van der Waals surface area (Å²) in [6.07, 6.45) is 0.0771. The van der Waals surface area contributed by atoms with Crippen molar-refractivity contribution in [2.75, 3.05) is 5.32 Å². The van der Waals surface area contributed by atoms with Crippen LogP contribution in [-0.2, 0) is 9.59 Å². The van der Waals surface area contributed by atoms with Gasteiger partial charge in [0.25, 0.3) is 5.91 Å². The molecule has 0 aliphatic carbocycles. The van der Waals surface area contributed by atoms with Crippen molar-refractivity contribution in [3.8, 4) is 5.75 Å². The van der Waals surface area contributed by atoms with Gasteiger partial charge in [0.1, 0.15) is 10.9 Å². The summed E-state index contributed by atoms with van der Waals surface area (Å²) < 4.78 is 0. The van der Waals surface area contributed by atoms with Gasteiger partial charge in [0.15, 0.2) is 0 Å².